The summed E-state index contributed by atoms with van der Waals surface area (Å²) in [6, 6.07) is 11.1. The second-order valence-corrected chi connectivity index (χ2v) is 9.48. The Morgan fingerprint density at radius 2 is 1.60 bits per heavy atom. The highest BCUT2D eigenvalue weighted by Crippen LogP contribution is 2.66. The van der Waals surface area contributed by atoms with Gasteiger partial charge in [-0.25, -0.2) is 0 Å². The predicted molar refractivity (Wildman–Crippen MR) is 99.3 cm³/mol. The van der Waals surface area contributed by atoms with Crippen LogP contribution in [0.1, 0.15) is 44.1 Å². The van der Waals surface area contributed by atoms with Crippen LogP contribution in [0, 0.1) is 17.3 Å². The average molecular weight is 338 g/mol. The van der Waals surface area contributed by atoms with Crippen molar-refractivity contribution in [1.82, 2.24) is 9.80 Å². The molecule has 0 spiro atoms. The van der Waals surface area contributed by atoms with Crippen LogP contribution in [0.3, 0.4) is 0 Å². The molecule has 3 nitrogen and oxygen atoms in total. The van der Waals surface area contributed by atoms with Crippen LogP contribution in [0.25, 0.3) is 0 Å². The number of amides is 1. The smallest absolute Gasteiger partial charge is 0.228 e. The topological polar surface area (TPSA) is 23.6 Å². The third-order valence-electron chi connectivity index (χ3n) is 7.69. The SMILES string of the molecule is CN1CCN(C(=O)C23C[C@@H]4C[C@@H](C2)CC(c2ccccc2)(C4)C3)CC1. The predicted octanol–water partition coefficient (Wildman–Crippen LogP) is 3.30. The fourth-order valence-corrected chi connectivity index (χ4v) is 6.99. The van der Waals surface area contributed by atoms with Gasteiger partial charge in [0.25, 0.3) is 0 Å². The lowest BCUT2D eigenvalue weighted by Crippen LogP contribution is -2.61. The number of hydrogen-bond acceptors (Lipinski definition) is 2. The zero-order valence-electron chi connectivity index (χ0n) is 15.4. The molecule has 1 saturated heterocycles. The molecule has 5 fully saturated rings. The van der Waals surface area contributed by atoms with Crippen LogP contribution in [0.5, 0.6) is 0 Å². The summed E-state index contributed by atoms with van der Waals surface area (Å²) in [7, 11) is 2.16. The van der Waals surface area contributed by atoms with Crippen molar-refractivity contribution in [1.29, 1.82) is 0 Å². The van der Waals surface area contributed by atoms with Gasteiger partial charge in [0.2, 0.25) is 5.91 Å². The third kappa shape index (κ3) is 2.46. The van der Waals surface area contributed by atoms with Crippen LogP contribution < -0.4 is 0 Å². The molecule has 0 radical (unpaired) electrons. The molecule has 1 heterocycles. The molecule has 4 saturated carbocycles. The van der Waals surface area contributed by atoms with Crippen molar-refractivity contribution in [3.8, 4) is 0 Å². The molecule has 2 atom stereocenters. The number of hydrogen-bond donors (Lipinski definition) is 0. The number of nitrogens with zero attached hydrogens (tertiary/aromatic N) is 2. The van der Waals surface area contributed by atoms with Crippen molar-refractivity contribution < 1.29 is 4.79 Å². The Kier molecular flexibility index (Phi) is 3.54. The summed E-state index contributed by atoms with van der Waals surface area (Å²) in [5.74, 6) is 2.02. The molecule has 0 aromatic heterocycles. The normalized spacial score (nSPS) is 40.4. The summed E-state index contributed by atoms with van der Waals surface area (Å²) in [5, 5.41) is 0. The van der Waals surface area contributed by atoms with E-state index in [-0.39, 0.29) is 10.8 Å². The van der Waals surface area contributed by atoms with E-state index in [1.165, 1.54) is 24.8 Å². The van der Waals surface area contributed by atoms with Crippen LogP contribution in [-0.2, 0) is 10.2 Å². The third-order valence-corrected chi connectivity index (χ3v) is 7.69. The quantitative estimate of drug-likeness (QED) is 0.826. The lowest BCUT2D eigenvalue weighted by Gasteiger charge is -2.62. The summed E-state index contributed by atoms with van der Waals surface area (Å²) in [5.41, 5.74) is 1.71. The summed E-state index contributed by atoms with van der Waals surface area (Å²) in [4.78, 5) is 18.2. The van der Waals surface area contributed by atoms with Gasteiger partial charge in [-0.05, 0) is 68.4 Å². The zero-order chi connectivity index (χ0) is 17.1. The van der Waals surface area contributed by atoms with Crippen molar-refractivity contribution in [3.05, 3.63) is 35.9 Å². The zero-order valence-corrected chi connectivity index (χ0v) is 15.4. The van der Waals surface area contributed by atoms with E-state index in [9.17, 15) is 4.79 Å². The number of piperazine rings is 1. The molecule has 4 aliphatic carbocycles. The maximum absolute atomic E-state index is 13.6. The van der Waals surface area contributed by atoms with Gasteiger partial charge in [-0.15, -0.1) is 0 Å². The van der Waals surface area contributed by atoms with E-state index in [1.54, 1.807) is 0 Å². The van der Waals surface area contributed by atoms with E-state index in [4.69, 9.17) is 0 Å². The van der Waals surface area contributed by atoms with Gasteiger partial charge in [0.05, 0.1) is 5.41 Å². The van der Waals surface area contributed by atoms with Crippen LogP contribution in [0.4, 0.5) is 0 Å². The van der Waals surface area contributed by atoms with E-state index < -0.39 is 0 Å². The molecule has 1 amide bonds. The van der Waals surface area contributed by atoms with Gasteiger partial charge in [0.15, 0.2) is 0 Å². The van der Waals surface area contributed by atoms with Gasteiger partial charge >= 0.3 is 0 Å². The molecular weight excluding hydrogens is 308 g/mol. The molecule has 0 N–H and O–H groups in total. The van der Waals surface area contributed by atoms with E-state index in [1.807, 2.05) is 0 Å². The largest absolute Gasteiger partial charge is 0.340 e. The molecule has 1 aromatic rings. The fourth-order valence-electron chi connectivity index (χ4n) is 6.99. The monoisotopic (exact) mass is 338 g/mol. The first-order chi connectivity index (χ1) is 12.1. The maximum Gasteiger partial charge on any atom is 0.228 e. The van der Waals surface area contributed by atoms with Gasteiger partial charge in [0.1, 0.15) is 0 Å². The van der Waals surface area contributed by atoms with Crippen LogP contribution in [0.15, 0.2) is 30.3 Å². The van der Waals surface area contributed by atoms with Crippen molar-refractivity contribution in [3.63, 3.8) is 0 Å². The molecule has 0 unspecified atom stereocenters. The number of carbonyl (C=O) groups excluding carboxylic acids is 1. The Labute approximate surface area is 151 Å². The fraction of sp³-hybridized carbons (Fsp3) is 0.682. The van der Waals surface area contributed by atoms with Gasteiger partial charge in [-0.2, -0.15) is 0 Å². The Balaban J connectivity index is 1.47. The molecule has 3 heteroatoms. The molecule has 25 heavy (non-hydrogen) atoms. The molecule has 1 aromatic carbocycles. The molecule has 134 valence electrons. The first-order valence-electron chi connectivity index (χ1n) is 10.1. The highest BCUT2D eigenvalue weighted by molar-refractivity contribution is 5.84. The van der Waals surface area contributed by atoms with Crippen molar-refractivity contribution >= 4 is 5.91 Å². The summed E-state index contributed by atoms with van der Waals surface area (Å²) in [6.07, 6.45) is 7.40. The lowest BCUT2D eigenvalue weighted by atomic mass is 9.42. The summed E-state index contributed by atoms with van der Waals surface area (Å²) in [6.45, 7) is 3.90. The van der Waals surface area contributed by atoms with E-state index in [0.717, 1.165) is 57.3 Å². The minimum Gasteiger partial charge on any atom is -0.340 e. The number of rotatable bonds is 2. The molecule has 5 aliphatic rings. The lowest BCUT2D eigenvalue weighted by molar-refractivity contribution is -0.161. The number of benzene rings is 1. The van der Waals surface area contributed by atoms with Gasteiger partial charge in [-0.3, -0.25) is 4.79 Å². The molecule has 1 aliphatic heterocycles. The number of carbonyl (C=O) groups is 1. The van der Waals surface area contributed by atoms with Gasteiger partial charge in [-0.1, -0.05) is 30.3 Å². The first kappa shape index (κ1) is 15.9. The summed E-state index contributed by atoms with van der Waals surface area (Å²) < 4.78 is 0. The maximum atomic E-state index is 13.6. The first-order valence-corrected chi connectivity index (χ1v) is 10.1. The van der Waals surface area contributed by atoms with Crippen molar-refractivity contribution in [2.24, 2.45) is 17.3 Å². The molecular formula is C22H30N2O. The Morgan fingerprint density at radius 1 is 0.960 bits per heavy atom. The van der Waals surface area contributed by atoms with Crippen LogP contribution in [-0.4, -0.2) is 48.9 Å². The Morgan fingerprint density at radius 3 is 2.24 bits per heavy atom. The molecule has 6 rings (SSSR count). The van der Waals surface area contributed by atoms with Crippen molar-refractivity contribution in [2.75, 3.05) is 33.2 Å². The van der Waals surface area contributed by atoms with Crippen LogP contribution in [0.2, 0.25) is 0 Å². The Hall–Kier alpha value is -1.35. The minimum absolute atomic E-state index is 0.0597. The average Bonchev–Trinajstić information content (AvgIpc) is 2.61. The van der Waals surface area contributed by atoms with E-state index in [2.05, 4.69) is 47.2 Å². The van der Waals surface area contributed by atoms with Gasteiger partial charge < -0.3 is 9.80 Å². The molecule has 4 bridgehead atoms. The Bertz CT molecular complexity index is 648. The highest BCUT2D eigenvalue weighted by Gasteiger charge is 2.61. The summed E-state index contributed by atoms with van der Waals surface area (Å²) >= 11 is 0. The van der Waals surface area contributed by atoms with E-state index in [0.29, 0.717) is 5.91 Å². The highest BCUT2D eigenvalue weighted by atomic mass is 16.2. The minimum atomic E-state index is -0.0597. The van der Waals surface area contributed by atoms with Crippen LogP contribution >= 0.6 is 0 Å². The second-order valence-electron chi connectivity index (χ2n) is 9.48. The second kappa shape index (κ2) is 5.57. The van der Waals surface area contributed by atoms with Crippen molar-refractivity contribution in [2.45, 2.75) is 43.9 Å². The van der Waals surface area contributed by atoms with E-state index >= 15 is 0 Å². The van der Waals surface area contributed by atoms with Gasteiger partial charge in [0, 0.05) is 26.2 Å². The number of likely N-dealkylation sites (N-methyl/N-ethyl adjacent to an activating group) is 1. The standard InChI is InChI=1S/C22H30N2O/c1-23-7-9-24(10-8-23)20(25)22-14-17-11-18(15-22)13-21(12-17,16-22)19-5-3-2-4-6-19/h2-6,17-18H,7-16H2,1H3/t17-,18-,21?,22?/m1/s1.